The molecule has 0 bridgehead atoms. The van der Waals surface area contributed by atoms with Gasteiger partial charge < -0.3 is 14.8 Å². The Balaban J connectivity index is 1.22. The van der Waals surface area contributed by atoms with Gasteiger partial charge in [0.25, 0.3) is 0 Å². The molecule has 1 N–H and O–H groups in total. The summed E-state index contributed by atoms with van der Waals surface area (Å²) in [6.45, 7) is 3.96. The summed E-state index contributed by atoms with van der Waals surface area (Å²) in [6.07, 6.45) is 7.85. The van der Waals surface area contributed by atoms with E-state index in [-0.39, 0.29) is 0 Å². The first kappa shape index (κ1) is 21.0. The highest BCUT2D eigenvalue weighted by atomic mass is 16.7. The van der Waals surface area contributed by atoms with Crippen LogP contribution in [0, 0.1) is 0 Å². The minimum Gasteiger partial charge on any atom is -0.454 e. The van der Waals surface area contributed by atoms with E-state index < -0.39 is 0 Å². The summed E-state index contributed by atoms with van der Waals surface area (Å²) in [5, 5.41) is 8.11. The van der Waals surface area contributed by atoms with Crippen molar-refractivity contribution >= 4 is 24.8 Å². The molecule has 4 aromatic rings. The normalized spacial score (nSPS) is 17.8. The molecule has 1 aromatic carbocycles. The van der Waals surface area contributed by atoms with E-state index in [1.54, 1.807) is 6.20 Å². The minimum absolute atomic E-state index is 0.309. The standard InChI is InChI=1S/C25H27BN6O2/c26-20-13-29-32-24(28-12-18-3-1-7-27-11-18)10-21(30-25(20)32)19-4-2-8-31(15-19)14-17-5-6-22-23(9-17)34-16-33-22/h1,3,5-7,9-11,13,19,28H,2,4,8,12,14-16,26H2. The highest BCUT2D eigenvalue weighted by Gasteiger charge is 2.25. The lowest BCUT2D eigenvalue weighted by Gasteiger charge is -2.32. The van der Waals surface area contributed by atoms with Crippen molar-refractivity contribution in [2.75, 3.05) is 25.2 Å². The fourth-order valence-corrected chi connectivity index (χ4v) is 4.86. The zero-order valence-electron chi connectivity index (χ0n) is 19.3. The smallest absolute Gasteiger partial charge is 0.231 e. The van der Waals surface area contributed by atoms with E-state index in [1.807, 2.05) is 29.0 Å². The Morgan fingerprint density at radius 2 is 2.03 bits per heavy atom. The number of ether oxygens (including phenoxy) is 2. The second-order valence-corrected chi connectivity index (χ2v) is 9.11. The summed E-state index contributed by atoms with van der Waals surface area (Å²) in [4.78, 5) is 11.8. The van der Waals surface area contributed by atoms with Gasteiger partial charge in [0.2, 0.25) is 6.79 Å². The molecule has 9 heteroatoms. The maximum absolute atomic E-state index is 5.56. The summed E-state index contributed by atoms with van der Waals surface area (Å²) in [7, 11) is 2.07. The number of fused-ring (bicyclic) bond motifs is 2. The molecule has 172 valence electrons. The summed E-state index contributed by atoms with van der Waals surface area (Å²) < 4.78 is 12.9. The average molecular weight is 454 g/mol. The summed E-state index contributed by atoms with van der Waals surface area (Å²) in [6, 6.07) is 12.5. The van der Waals surface area contributed by atoms with Crippen LogP contribution in [0.2, 0.25) is 0 Å². The van der Waals surface area contributed by atoms with Crippen LogP contribution < -0.4 is 20.3 Å². The first-order valence-corrected chi connectivity index (χ1v) is 11.8. The van der Waals surface area contributed by atoms with Gasteiger partial charge in [0.15, 0.2) is 17.1 Å². The largest absolute Gasteiger partial charge is 0.454 e. The second-order valence-electron chi connectivity index (χ2n) is 9.11. The third kappa shape index (κ3) is 4.19. The number of anilines is 1. The number of rotatable bonds is 6. The number of nitrogens with zero attached hydrogens (tertiary/aromatic N) is 5. The van der Waals surface area contributed by atoms with Gasteiger partial charge in [-0.3, -0.25) is 9.88 Å². The van der Waals surface area contributed by atoms with E-state index in [1.165, 1.54) is 5.56 Å². The topological polar surface area (TPSA) is 76.8 Å². The molecule has 8 nitrogen and oxygen atoms in total. The van der Waals surface area contributed by atoms with Crippen molar-refractivity contribution in [3.05, 3.63) is 71.8 Å². The molecule has 2 aliphatic heterocycles. The molecule has 1 unspecified atom stereocenters. The van der Waals surface area contributed by atoms with Crippen molar-refractivity contribution < 1.29 is 9.47 Å². The molecule has 1 saturated heterocycles. The van der Waals surface area contributed by atoms with Gasteiger partial charge in [0, 0.05) is 50.2 Å². The molecule has 1 fully saturated rings. The first-order chi connectivity index (χ1) is 16.7. The van der Waals surface area contributed by atoms with Gasteiger partial charge in [-0.25, -0.2) is 4.98 Å². The monoisotopic (exact) mass is 454 g/mol. The third-order valence-corrected chi connectivity index (χ3v) is 6.63. The van der Waals surface area contributed by atoms with Crippen LogP contribution in [0.15, 0.2) is 55.0 Å². The van der Waals surface area contributed by atoms with Gasteiger partial charge in [-0.05, 0) is 54.2 Å². The van der Waals surface area contributed by atoms with E-state index >= 15 is 0 Å². The molecule has 1 atom stereocenters. The van der Waals surface area contributed by atoms with Gasteiger partial charge in [0.1, 0.15) is 13.7 Å². The van der Waals surface area contributed by atoms with Crippen LogP contribution in [-0.2, 0) is 13.1 Å². The van der Waals surface area contributed by atoms with Crippen molar-refractivity contribution in [1.29, 1.82) is 0 Å². The maximum Gasteiger partial charge on any atom is 0.231 e. The molecule has 5 heterocycles. The van der Waals surface area contributed by atoms with Gasteiger partial charge >= 0.3 is 0 Å². The number of hydrogen-bond donors (Lipinski definition) is 1. The van der Waals surface area contributed by atoms with Crippen molar-refractivity contribution in [1.82, 2.24) is 24.5 Å². The Labute approximate surface area is 199 Å². The van der Waals surface area contributed by atoms with Gasteiger partial charge in [0.05, 0.1) is 5.69 Å². The van der Waals surface area contributed by atoms with Crippen LogP contribution in [0.1, 0.15) is 35.6 Å². The Morgan fingerprint density at radius 3 is 2.94 bits per heavy atom. The van der Waals surface area contributed by atoms with E-state index in [9.17, 15) is 0 Å². The number of hydrogen-bond acceptors (Lipinski definition) is 7. The predicted molar refractivity (Wildman–Crippen MR) is 133 cm³/mol. The summed E-state index contributed by atoms with van der Waals surface area (Å²) >= 11 is 0. The van der Waals surface area contributed by atoms with Gasteiger partial charge in [-0.2, -0.15) is 9.61 Å². The fraction of sp³-hybridized carbons (Fsp3) is 0.320. The molecular formula is C25H27BN6O2. The van der Waals surface area contributed by atoms with Crippen LogP contribution in [0.5, 0.6) is 11.5 Å². The Hall–Kier alpha value is -3.59. The minimum atomic E-state index is 0.309. The molecule has 0 aliphatic carbocycles. The van der Waals surface area contributed by atoms with Crippen molar-refractivity contribution in [3.8, 4) is 11.5 Å². The molecule has 2 aliphatic rings. The Bertz CT molecular complexity index is 1310. The number of pyridine rings is 1. The predicted octanol–water partition coefficient (Wildman–Crippen LogP) is 2.10. The Morgan fingerprint density at radius 1 is 1.09 bits per heavy atom. The molecule has 0 radical (unpaired) electrons. The zero-order chi connectivity index (χ0) is 22.9. The van der Waals surface area contributed by atoms with Crippen LogP contribution >= 0.6 is 0 Å². The lowest BCUT2D eigenvalue weighted by atomic mass is 9.93. The third-order valence-electron chi connectivity index (χ3n) is 6.63. The molecular weight excluding hydrogens is 427 g/mol. The number of aromatic nitrogens is 4. The highest BCUT2D eigenvalue weighted by molar-refractivity contribution is 6.36. The molecule has 0 amide bonds. The van der Waals surface area contributed by atoms with Gasteiger partial charge in [-0.1, -0.05) is 12.1 Å². The van der Waals surface area contributed by atoms with Crippen LogP contribution in [0.4, 0.5) is 5.82 Å². The first-order valence-electron chi connectivity index (χ1n) is 11.8. The maximum atomic E-state index is 5.56. The van der Waals surface area contributed by atoms with Crippen LogP contribution in [0.3, 0.4) is 0 Å². The zero-order valence-corrected chi connectivity index (χ0v) is 19.3. The van der Waals surface area contributed by atoms with E-state index in [4.69, 9.17) is 14.5 Å². The summed E-state index contributed by atoms with van der Waals surface area (Å²) in [5.74, 6) is 3.02. The molecule has 0 spiro atoms. The van der Waals surface area contributed by atoms with Crippen LogP contribution in [0.25, 0.3) is 5.65 Å². The van der Waals surface area contributed by atoms with Crippen molar-refractivity contribution in [2.45, 2.75) is 31.8 Å². The SMILES string of the molecule is Bc1cnn2c(NCc3cccnc3)cc(C3CCCN(Cc4ccc5c(c4)OCO5)C3)nc12. The lowest BCUT2D eigenvalue weighted by Crippen LogP contribution is -2.34. The highest BCUT2D eigenvalue weighted by Crippen LogP contribution is 2.34. The number of benzene rings is 1. The molecule has 3 aromatic heterocycles. The van der Waals surface area contributed by atoms with Gasteiger partial charge in [-0.15, -0.1) is 0 Å². The number of likely N-dealkylation sites (tertiary alicyclic amines) is 1. The van der Waals surface area contributed by atoms with Crippen LogP contribution in [-0.4, -0.2) is 52.2 Å². The quantitative estimate of drug-likeness (QED) is 0.448. The second kappa shape index (κ2) is 8.98. The van der Waals surface area contributed by atoms with E-state index in [0.717, 1.165) is 72.2 Å². The number of piperidine rings is 1. The average Bonchev–Trinajstić information content (AvgIpc) is 3.49. The van der Waals surface area contributed by atoms with Crippen molar-refractivity contribution in [3.63, 3.8) is 0 Å². The fourth-order valence-electron chi connectivity index (χ4n) is 4.86. The number of nitrogens with one attached hydrogen (secondary N) is 1. The molecule has 6 rings (SSSR count). The Kier molecular flexibility index (Phi) is 5.54. The van der Waals surface area contributed by atoms with E-state index in [2.05, 4.69) is 52.4 Å². The molecule has 34 heavy (non-hydrogen) atoms. The van der Waals surface area contributed by atoms with E-state index in [0.29, 0.717) is 19.3 Å². The lowest BCUT2D eigenvalue weighted by molar-refractivity contribution is 0.173. The summed E-state index contributed by atoms with van der Waals surface area (Å²) in [5.41, 5.74) is 5.50. The van der Waals surface area contributed by atoms with Crippen molar-refractivity contribution in [2.24, 2.45) is 0 Å². The molecule has 0 saturated carbocycles.